The summed E-state index contributed by atoms with van der Waals surface area (Å²) in [5.41, 5.74) is 0.954. The summed E-state index contributed by atoms with van der Waals surface area (Å²) < 4.78 is 10.2. The van der Waals surface area contributed by atoms with E-state index in [1.54, 1.807) is 26.6 Å². The quantitative estimate of drug-likeness (QED) is 0.681. The van der Waals surface area contributed by atoms with Crippen LogP contribution in [0, 0.1) is 6.92 Å². The summed E-state index contributed by atoms with van der Waals surface area (Å²) in [7, 11) is 3.21. The van der Waals surface area contributed by atoms with Gasteiger partial charge in [-0.25, -0.2) is 0 Å². The van der Waals surface area contributed by atoms with Gasteiger partial charge in [-0.15, -0.1) is 0 Å². The van der Waals surface area contributed by atoms with Crippen LogP contribution in [-0.2, 0) is 6.42 Å². The Morgan fingerprint density at radius 2 is 1.75 bits per heavy atom. The molecule has 0 aliphatic rings. The van der Waals surface area contributed by atoms with Gasteiger partial charge in [0.2, 0.25) is 0 Å². The van der Waals surface area contributed by atoms with Crippen LogP contribution in [0.3, 0.4) is 0 Å². The third-order valence-electron chi connectivity index (χ3n) is 1.67. The standard InChI is InChI=1S/C9H12NO2/c1-4-7-8(11-2)5-10-6-9(7)12-3/h5-6H,1,4H2,2-3H3. The van der Waals surface area contributed by atoms with E-state index in [1.165, 1.54) is 0 Å². The van der Waals surface area contributed by atoms with Gasteiger partial charge in [0.05, 0.1) is 26.6 Å². The summed E-state index contributed by atoms with van der Waals surface area (Å²) in [6, 6.07) is 0. The first-order valence-corrected chi connectivity index (χ1v) is 3.67. The Kier molecular flexibility index (Phi) is 2.91. The normalized spacial score (nSPS) is 9.58. The Morgan fingerprint density at radius 1 is 1.25 bits per heavy atom. The van der Waals surface area contributed by atoms with Gasteiger partial charge in [0.25, 0.3) is 0 Å². The van der Waals surface area contributed by atoms with Crippen molar-refractivity contribution >= 4 is 0 Å². The third kappa shape index (κ3) is 1.49. The third-order valence-corrected chi connectivity index (χ3v) is 1.67. The maximum absolute atomic E-state index is 5.10. The molecule has 0 bridgehead atoms. The van der Waals surface area contributed by atoms with E-state index in [0.29, 0.717) is 6.42 Å². The molecule has 3 heteroatoms. The van der Waals surface area contributed by atoms with Gasteiger partial charge in [-0.05, 0) is 13.3 Å². The lowest BCUT2D eigenvalue weighted by Crippen LogP contribution is -1.96. The largest absolute Gasteiger partial charge is 0.495 e. The Balaban J connectivity index is 3.13. The van der Waals surface area contributed by atoms with E-state index in [-0.39, 0.29) is 0 Å². The molecule has 0 aliphatic heterocycles. The predicted octanol–water partition coefficient (Wildman–Crippen LogP) is 1.48. The zero-order chi connectivity index (χ0) is 8.97. The van der Waals surface area contributed by atoms with Gasteiger partial charge in [0.15, 0.2) is 0 Å². The second-order valence-corrected chi connectivity index (χ2v) is 2.27. The highest BCUT2D eigenvalue weighted by molar-refractivity contribution is 5.41. The lowest BCUT2D eigenvalue weighted by Gasteiger charge is -2.09. The first kappa shape index (κ1) is 8.84. The molecule has 0 aliphatic carbocycles. The zero-order valence-corrected chi connectivity index (χ0v) is 7.33. The van der Waals surface area contributed by atoms with Crippen LogP contribution in [0.5, 0.6) is 11.5 Å². The number of nitrogens with zero attached hydrogens (tertiary/aromatic N) is 1. The zero-order valence-electron chi connectivity index (χ0n) is 7.33. The van der Waals surface area contributed by atoms with Crippen LogP contribution < -0.4 is 9.47 Å². The molecule has 0 unspecified atom stereocenters. The van der Waals surface area contributed by atoms with Gasteiger partial charge in [-0.3, -0.25) is 4.98 Å². The van der Waals surface area contributed by atoms with Crippen LogP contribution in [-0.4, -0.2) is 19.2 Å². The highest BCUT2D eigenvalue weighted by atomic mass is 16.5. The average molecular weight is 166 g/mol. The lowest BCUT2D eigenvalue weighted by atomic mass is 10.2. The Bertz CT molecular complexity index is 238. The average Bonchev–Trinajstić information content (AvgIpc) is 2.16. The van der Waals surface area contributed by atoms with Crippen molar-refractivity contribution in [1.29, 1.82) is 0 Å². The maximum atomic E-state index is 5.10. The van der Waals surface area contributed by atoms with Crippen molar-refractivity contribution < 1.29 is 9.47 Å². The second kappa shape index (κ2) is 3.95. The molecular formula is C9H12NO2. The molecule has 0 amide bonds. The molecule has 1 heterocycles. The molecule has 1 radical (unpaired) electrons. The second-order valence-electron chi connectivity index (χ2n) is 2.27. The Labute approximate surface area is 72.3 Å². The fourth-order valence-corrected chi connectivity index (χ4v) is 1.05. The molecule has 65 valence electrons. The number of ether oxygens (including phenoxy) is 2. The van der Waals surface area contributed by atoms with Gasteiger partial charge in [-0.1, -0.05) is 0 Å². The minimum atomic E-state index is 0.634. The summed E-state index contributed by atoms with van der Waals surface area (Å²) in [6.07, 6.45) is 3.95. The molecule has 1 rings (SSSR count). The Hall–Kier alpha value is -1.25. The van der Waals surface area contributed by atoms with E-state index < -0.39 is 0 Å². The molecular weight excluding hydrogens is 154 g/mol. The molecule has 1 aromatic heterocycles. The van der Waals surface area contributed by atoms with Crippen molar-refractivity contribution in [2.75, 3.05) is 14.2 Å². The van der Waals surface area contributed by atoms with Gasteiger partial charge < -0.3 is 9.47 Å². The lowest BCUT2D eigenvalue weighted by molar-refractivity contribution is 0.383. The number of rotatable bonds is 3. The van der Waals surface area contributed by atoms with Crippen LogP contribution in [0.1, 0.15) is 5.56 Å². The van der Waals surface area contributed by atoms with E-state index in [2.05, 4.69) is 11.9 Å². The summed E-state index contributed by atoms with van der Waals surface area (Å²) >= 11 is 0. The van der Waals surface area contributed by atoms with Crippen molar-refractivity contribution in [3.05, 3.63) is 24.9 Å². The molecule has 0 saturated heterocycles. The smallest absolute Gasteiger partial charge is 0.144 e. The van der Waals surface area contributed by atoms with Crippen molar-refractivity contribution in [1.82, 2.24) is 4.98 Å². The monoisotopic (exact) mass is 166 g/mol. The van der Waals surface area contributed by atoms with Crippen LogP contribution >= 0.6 is 0 Å². The first-order valence-electron chi connectivity index (χ1n) is 3.67. The molecule has 0 fully saturated rings. The fourth-order valence-electron chi connectivity index (χ4n) is 1.05. The molecule has 3 nitrogen and oxygen atoms in total. The topological polar surface area (TPSA) is 31.4 Å². The van der Waals surface area contributed by atoms with Gasteiger partial charge in [0, 0.05) is 5.56 Å². The van der Waals surface area contributed by atoms with Crippen LogP contribution in [0.15, 0.2) is 12.4 Å². The van der Waals surface area contributed by atoms with Gasteiger partial charge in [-0.2, -0.15) is 0 Å². The van der Waals surface area contributed by atoms with Gasteiger partial charge >= 0.3 is 0 Å². The van der Waals surface area contributed by atoms with Crippen LogP contribution in [0.2, 0.25) is 0 Å². The number of hydrogen-bond donors (Lipinski definition) is 0. The molecule has 0 aromatic carbocycles. The number of methoxy groups -OCH3 is 2. The number of aromatic nitrogens is 1. The summed E-state index contributed by atoms with van der Waals surface area (Å²) in [6.45, 7) is 3.79. The van der Waals surface area contributed by atoms with Crippen molar-refractivity contribution in [2.24, 2.45) is 0 Å². The van der Waals surface area contributed by atoms with E-state index >= 15 is 0 Å². The summed E-state index contributed by atoms with van der Waals surface area (Å²) in [5, 5.41) is 0. The first-order chi connectivity index (χ1) is 5.83. The Morgan fingerprint density at radius 3 is 2.08 bits per heavy atom. The van der Waals surface area contributed by atoms with E-state index in [0.717, 1.165) is 17.1 Å². The van der Waals surface area contributed by atoms with Crippen LogP contribution in [0.25, 0.3) is 0 Å². The van der Waals surface area contributed by atoms with Gasteiger partial charge in [0.1, 0.15) is 11.5 Å². The number of pyridine rings is 1. The highest BCUT2D eigenvalue weighted by Crippen LogP contribution is 2.26. The predicted molar refractivity (Wildman–Crippen MR) is 46.4 cm³/mol. The van der Waals surface area contributed by atoms with Crippen molar-refractivity contribution in [3.8, 4) is 11.5 Å². The molecule has 12 heavy (non-hydrogen) atoms. The SMILES string of the molecule is [CH2]Cc1c(OC)cncc1OC. The van der Waals surface area contributed by atoms with Crippen molar-refractivity contribution in [3.63, 3.8) is 0 Å². The van der Waals surface area contributed by atoms with E-state index in [4.69, 9.17) is 9.47 Å². The maximum Gasteiger partial charge on any atom is 0.144 e. The molecule has 0 spiro atoms. The minimum absolute atomic E-state index is 0.634. The fraction of sp³-hybridized carbons (Fsp3) is 0.333. The van der Waals surface area contributed by atoms with Crippen molar-refractivity contribution in [2.45, 2.75) is 6.42 Å². The summed E-state index contributed by atoms with van der Waals surface area (Å²) in [5.74, 6) is 1.45. The molecule has 1 aromatic rings. The number of hydrogen-bond acceptors (Lipinski definition) is 3. The molecule has 0 N–H and O–H groups in total. The highest BCUT2D eigenvalue weighted by Gasteiger charge is 2.06. The summed E-state index contributed by atoms with van der Waals surface area (Å²) in [4.78, 5) is 3.96. The van der Waals surface area contributed by atoms with Crippen LogP contribution in [0.4, 0.5) is 0 Å². The van der Waals surface area contributed by atoms with E-state index in [1.807, 2.05) is 0 Å². The molecule has 0 saturated carbocycles. The molecule has 0 atom stereocenters. The minimum Gasteiger partial charge on any atom is -0.495 e. The van der Waals surface area contributed by atoms with E-state index in [9.17, 15) is 0 Å².